The summed E-state index contributed by atoms with van der Waals surface area (Å²) >= 11 is 0. The second-order valence-electron chi connectivity index (χ2n) is 7.75. The van der Waals surface area contributed by atoms with Crippen molar-refractivity contribution in [1.82, 2.24) is 19.5 Å². The molecule has 2 saturated heterocycles. The van der Waals surface area contributed by atoms with Gasteiger partial charge in [-0.05, 0) is 0 Å². The summed E-state index contributed by atoms with van der Waals surface area (Å²) in [6, 6.07) is 0. The predicted octanol–water partition coefficient (Wildman–Crippen LogP) is -0.863. The first-order chi connectivity index (χ1) is 18.1. The van der Waals surface area contributed by atoms with Gasteiger partial charge in [0.05, 0.1) is 32.3 Å². The molecule has 0 saturated carbocycles. The molecule has 2 fully saturated rings. The molecule has 19 nitrogen and oxygen atoms in total. The van der Waals surface area contributed by atoms with E-state index in [0.717, 1.165) is 0 Å². The molecule has 23 heteroatoms. The summed E-state index contributed by atoms with van der Waals surface area (Å²) in [4.78, 5) is 51.1. The van der Waals surface area contributed by atoms with Gasteiger partial charge in [-0.3, -0.25) is 4.57 Å². The first-order valence-electron chi connectivity index (χ1n) is 10.6. The van der Waals surface area contributed by atoms with Crippen molar-refractivity contribution in [2.75, 3.05) is 25.6 Å². The van der Waals surface area contributed by atoms with Gasteiger partial charge in [-0.25, -0.2) is 27.9 Å². The standard InChI is InChI=1S/C15H25N5O14P4/c16-13-11-14(18-5-17-13)20(6-19-11)15-8(21)1-7(31-15)2-29-35(24)32-37(26)34-38(27)33-36(25)30-4-10-12(23)9(22)3-28-10/h5-10,12,15,21-27H,1-4H2,(H2,16,17,18)/t7-,8+,9-,10+,12-,15+,35?,36?,37?,38?/m0/s1. The van der Waals surface area contributed by atoms with Crippen LogP contribution in [0.2, 0.25) is 0 Å². The van der Waals surface area contributed by atoms with E-state index in [1.165, 1.54) is 17.2 Å². The molecule has 9 N–H and O–H groups in total. The van der Waals surface area contributed by atoms with Crippen molar-refractivity contribution in [1.29, 1.82) is 0 Å². The number of anilines is 1. The third-order valence-corrected chi connectivity index (χ3v) is 9.31. The minimum Gasteiger partial charge on any atom is -0.388 e. The van der Waals surface area contributed by atoms with Crippen molar-refractivity contribution in [2.24, 2.45) is 0 Å². The molecule has 0 amide bonds. The van der Waals surface area contributed by atoms with Gasteiger partial charge >= 0.3 is 34.4 Å². The number of nitrogen functional groups attached to an aromatic ring is 1. The van der Waals surface area contributed by atoms with Gasteiger partial charge in [-0.1, -0.05) is 0 Å². The Kier molecular flexibility index (Phi) is 11.2. The fourth-order valence-corrected chi connectivity index (χ4v) is 6.65. The molecule has 0 radical (unpaired) electrons. The van der Waals surface area contributed by atoms with E-state index in [0.29, 0.717) is 11.2 Å². The smallest absolute Gasteiger partial charge is 0.344 e. The van der Waals surface area contributed by atoms with Crippen LogP contribution in [0.3, 0.4) is 0 Å². The highest BCUT2D eigenvalue weighted by Crippen LogP contribution is 2.60. The quantitative estimate of drug-likeness (QED) is 0.126. The Morgan fingerprint density at radius 1 is 0.921 bits per heavy atom. The van der Waals surface area contributed by atoms with Crippen LogP contribution in [0.5, 0.6) is 0 Å². The topological polar surface area (TPSA) is 276 Å². The summed E-state index contributed by atoms with van der Waals surface area (Å²) in [5, 5.41) is 29.4. The van der Waals surface area contributed by atoms with Gasteiger partial charge < -0.3 is 59.1 Å². The Balaban J connectivity index is 1.15. The number of imidazole rings is 1. The molecule has 4 unspecified atom stereocenters. The summed E-state index contributed by atoms with van der Waals surface area (Å²) in [6.07, 6.45) is -2.90. The molecular formula is C15H25N5O14P4. The lowest BCUT2D eigenvalue weighted by Gasteiger charge is -2.20. The third-order valence-electron chi connectivity index (χ3n) is 5.22. The lowest BCUT2D eigenvalue weighted by atomic mass is 10.2. The van der Waals surface area contributed by atoms with Crippen molar-refractivity contribution in [2.45, 2.75) is 43.2 Å². The molecule has 38 heavy (non-hydrogen) atoms. The highest BCUT2D eigenvalue weighted by molar-refractivity contribution is 7.63. The van der Waals surface area contributed by atoms with E-state index in [-0.39, 0.29) is 32.1 Å². The monoisotopic (exact) mass is 623 g/mol. The Morgan fingerprint density at radius 3 is 2.24 bits per heavy atom. The van der Waals surface area contributed by atoms with E-state index in [1.807, 2.05) is 0 Å². The minimum atomic E-state index is -2.89. The van der Waals surface area contributed by atoms with Gasteiger partial charge in [0.25, 0.3) is 0 Å². The van der Waals surface area contributed by atoms with Gasteiger partial charge in [0, 0.05) is 6.42 Å². The summed E-state index contributed by atoms with van der Waals surface area (Å²) in [5.74, 6) is 0.172. The summed E-state index contributed by atoms with van der Waals surface area (Å²) in [6.45, 7) is -0.678. The zero-order valence-corrected chi connectivity index (χ0v) is 22.7. The van der Waals surface area contributed by atoms with Crippen LogP contribution in [0.1, 0.15) is 12.6 Å². The van der Waals surface area contributed by atoms with E-state index >= 15 is 0 Å². The van der Waals surface area contributed by atoms with Crippen LogP contribution in [0.15, 0.2) is 12.7 Å². The third kappa shape index (κ3) is 7.83. The molecule has 4 heterocycles. The normalized spacial score (nSPS) is 31.0. The lowest BCUT2D eigenvalue weighted by molar-refractivity contribution is -0.0465. The Morgan fingerprint density at radius 2 is 1.58 bits per heavy atom. The van der Waals surface area contributed by atoms with Crippen LogP contribution in [-0.4, -0.2) is 105 Å². The average Bonchev–Trinajstić information content (AvgIpc) is 3.54. The molecular weight excluding hydrogens is 598 g/mol. The molecule has 0 aliphatic carbocycles. The molecule has 2 aromatic heterocycles. The molecule has 10 atom stereocenters. The number of aliphatic hydroxyl groups is 3. The number of nitrogens with two attached hydrogens (primary N) is 1. The number of nitrogens with zero attached hydrogens (tertiary/aromatic N) is 4. The molecule has 0 spiro atoms. The second-order valence-corrected chi connectivity index (χ2v) is 12.1. The second kappa shape index (κ2) is 13.9. The SMILES string of the molecule is Nc1ncnc2c1ncn2[C@@H]1O[C@H](COP(O)OP(O)OP(O)OP(O)OC[C@H]2OC[C@H](O)[C@@H]2O)C[C@H]1O. The Labute approximate surface area is 219 Å². The van der Waals surface area contributed by atoms with Crippen LogP contribution in [-0.2, 0) is 31.5 Å². The first kappa shape index (κ1) is 30.5. The summed E-state index contributed by atoms with van der Waals surface area (Å²) in [5.41, 5.74) is 6.48. The molecule has 2 aliphatic rings. The van der Waals surface area contributed by atoms with Crippen molar-refractivity contribution in [3.05, 3.63) is 12.7 Å². The maximum Gasteiger partial charge on any atom is 0.344 e. The molecule has 2 aromatic rings. The molecule has 0 bridgehead atoms. The van der Waals surface area contributed by atoms with Crippen LogP contribution in [0, 0.1) is 0 Å². The van der Waals surface area contributed by atoms with E-state index in [1.54, 1.807) is 0 Å². The number of rotatable bonds is 13. The van der Waals surface area contributed by atoms with Crippen LogP contribution in [0.4, 0.5) is 5.82 Å². The average molecular weight is 623 g/mol. The van der Waals surface area contributed by atoms with Gasteiger partial charge in [-0.15, -0.1) is 0 Å². The Bertz CT molecular complexity index is 1050. The highest BCUT2D eigenvalue weighted by atomic mass is 31.3. The summed E-state index contributed by atoms with van der Waals surface area (Å²) < 4.78 is 36.3. The van der Waals surface area contributed by atoms with Crippen LogP contribution >= 0.6 is 34.4 Å². The summed E-state index contributed by atoms with van der Waals surface area (Å²) in [7, 11) is -11.2. The van der Waals surface area contributed by atoms with Crippen LogP contribution in [0.25, 0.3) is 11.2 Å². The highest BCUT2D eigenvalue weighted by Gasteiger charge is 2.38. The van der Waals surface area contributed by atoms with E-state index in [9.17, 15) is 34.9 Å². The number of fused-ring (bicyclic) bond motifs is 1. The number of ether oxygens (including phenoxy) is 2. The van der Waals surface area contributed by atoms with E-state index in [4.69, 9.17) is 28.6 Å². The minimum absolute atomic E-state index is 0.103. The maximum atomic E-state index is 10.4. The predicted molar refractivity (Wildman–Crippen MR) is 128 cm³/mol. The molecule has 4 rings (SSSR count). The lowest BCUT2D eigenvalue weighted by Crippen LogP contribution is -2.32. The van der Waals surface area contributed by atoms with Gasteiger partial charge in [-0.2, -0.15) is 0 Å². The maximum absolute atomic E-state index is 10.4. The largest absolute Gasteiger partial charge is 0.388 e. The van der Waals surface area contributed by atoms with Gasteiger partial charge in [0.2, 0.25) is 0 Å². The van der Waals surface area contributed by atoms with Crippen LogP contribution < -0.4 is 5.73 Å². The van der Waals surface area contributed by atoms with Gasteiger partial charge in [0.15, 0.2) is 17.7 Å². The van der Waals surface area contributed by atoms with E-state index in [2.05, 4.69) is 23.6 Å². The number of aromatic nitrogens is 4. The fourth-order valence-electron chi connectivity index (χ4n) is 3.50. The van der Waals surface area contributed by atoms with Crippen molar-refractivity contribution in [3.63, 3.8) is 0 Å². The van der Waals surface area contributed by atoms with Crippen molar-refractivity contribution < 1.29 is 66.3 Å². The Hall–Kier alpha value is -0.490. The zero-order chi connectivity index (χ0) is 27.4. The number of hydrogen-bond acceptors (Lipinski definition) is 18. The van der Waals surface area contributed by atoms with Crippen molar-refractivity contribution in [3.8, 4) is 0 Å². The molecule has 0 aromatic carbocycles. The number of hydrogen-bond donors (Lipinski definition) is 8. The fraction of sp³-hybridized carbons (Fsp3) is 0.667. The first-order valence-corrected chi connectivity index (χ1v) is 15.1. The van der Waals surface area contributed by atoms with Crippen molar-refractivity contribution >= 4 is 51.4 Å². The van der Waals surface area contributed by atoms with E-state index < -0.39 is 71.2 Å². The number of aliphatic hydroxyl groups excluding tert-OH is 3. The van der Waals surface area contributed by atoms with Gasteiger partial charge in [0.1, 0.15) is 36.3 Å². The zero-order valence-electron chi connectivity index (χ0n) is 19.1. The molecule has 214 valence electrons. The molecule has 2 aliphatic heterocycles.